The molecule has 0 saturated heterocycles. The highest BCUT2D eigenvalue weighted by molar-refractivity contribution is 7.09. The molecule has 0 aliphatic rings. The van der Waals surface area contributed by atoms with Crippen LogP contribution in [0, 0.1) is 6.92 Å². The Morgan fingerprint density at radius 3 is 2.92 bits per heavy atom. The van der Waals surface area contributed by atoms with E-state index in [9.17, 15) is 4.79 Å². The van der Waals surface area contributed by atoms with Gasteiger partial charge in [-0.25, -0.2) is 4.98 Å². The lowest BCUT2D eigenvalue weighted by molar-refractivity contribution is 0.0946. The van der Waals surface area contributed by atoms with E-state index in [1.54, 1.807) is 5.38 Å². The fourth-order valence-electron chi connectivity index (χ4n) is 2.25. The number of nitrogens with one attached hydrogen (secondary N) is 1. The normalized spacial score (nSPS) is 10.6. The van der Waals surface area contributed by atoms with Crippen molar-refractivity contribution in [3.8, 4) is 5.75 Å². The second kappa shape index (κ2) is 9.39. The summed E-state index contributed by atoms with van der Waals surface area (Å²) in [5.74, 6) is 0.649. The van der Waals surface area contributed by atoms with Crippen LogP contribution in [0.2, 0.25) is 0 Å². The molecular formula is C18H25N3O2S. The van der Waals surface area contributed by atoms with E-state index >= 15 is 0 Å². The minimum absolute atomic E-state index is 0.191. The number of aromatic nitrogens is 1. The zero-order valence-electron chi connectivity index (χ0n) is 14.3. The van der Waals surface area contributed by atoms with Crippen molar-refractivity contribution in [2.75, 3.05) is 6.61 Å². The minimum Gasteiger partial charge on any atom is -0.493 e. The van der Waals surface area contributed by atoms with Gasteiger partial charge in [0.25, 0.3) is 5.91 Å². The zero-order chi connectivity index (χ0) is 17.4. The molecule has 0 unspecified atom stereocenters. The lowest BCUT2D eigenvalue weighted by Crippen LogP contribution is -2.23. The molecule has 1 heterocycles. The summed E-state index contributed by atoms with van der Waals surface area (Å²) in [5, 5.41) is 5.39. The summed E-state index contributed by atoms with van der Waals surface area (Å²) in [5.41, 5.74) is 8.06. The number of carbonyl (C=O) groups is 1. The molecule has 0 aliphatic heterocycles. The minimum atomic E-state index is -0.191. The summed E-state index contributed by atoms with van der Waals surface area (Å²) in [6.07, 6.45) is 3.36. The van der Waals surface area contributed by atoms with Gasteiger partial charge in [0.2, 0.25) is 0 Å². The Labute approximate surface area is 147 Å². The van der Waals surface area contributed by atoms with Crippen LogP contribution in [0.4, 0.5) is 0 Å². The Balaban J connectivity index is 1.96. The predicted molar refractivity (Wildman–Crippen MR) is 97.4 cm³/mol. The van der Waals surface area contributed by atoms with Crippen molar-refractivity contribution in [2.45, 2.75) is 46.2 Å². The van der Waals surface area contributed by atoms with Gasteiger partial charge in [-0.3, -0.25) is 4.79 Å². The van der Waals surface area contributed by atoms with E-state index in [4.69, 9.17) is 10.5 Å². The lowest BCUT2D eigenvalue weighted by atomic mass is 10.1. The van der Waals surface area contributed by atoms with E-state index in [0.717, 1.165) is 34.7 Å². The number of nitrogens with two attached hydrogens (primary N) is 1. The molecule has 5 nitrogen and oxygen atoms in total. The van der Waals surface area contributed by atoms with Crippen molar-refractivity contribution in [3.05, 3.63) is 45.4 Å². The molecule has 0 saturated carbocycles. The number of hydrogen-bond acceptors (Lipinski definition) is 5. The SMILES string of the molecule is CCCCCOc1cc(C)ccc1CNC(=O)c1csc(CN)n1. The highest BCUT2D eigenvalue weighted by atomic mass is 32.1. The first kappa shape index (κ1) is 18.4. The van der Waals surface area contributed by atoms with E-state index in [1.807, 2.05) is 25.1 Å². The molecule has 2 rings (SSSR count). The molecule has 1 amide bonds. The molecule has 24 heavy (non-hydrogen) atoms. The van der Waals surface area contributed by atoms with Gasteiger partial charge in [-0.1, -0.05) is 31.9 Å². The second-order valence-corrected chi connectivity index (χ2v) is 6.62. The molecule has 0 bridgehead atoms. The number of amides is 1. The molecule has 130 valence electrons. The fourth-order valence-corrected chi connectivity index (χ4v) is 2.91. The van der Waals surface area contributed by atoms with E-state index in [0.29, 0.717) is 25.4 Å². The number of carbonyl (C=O) groups excluding carboxylic acids is 1. The summed E-state index contributed by atoms with van der Waals surface area (Å²) in [6.45, 7) is 5.67. The van der Waals surface area contributed by atoms with Gasteiger partial charge in [0.15, 0.2) is 0 Å². The fraction of sp³-hybridized carbons (Fsp3) is 0.444. The highest BCUT2D eigenvalue weighted by Gasteiger charge is 2.11. The van der Waals surface area contributed by atoms with Crippen LogP contribution in [0.15, 0.2) is 23.6 Å². The molecular weight excluding hydrogens is 322 g/mol. The van der Waals surface area contributed by atoms with Crippen molar-refractivity contribution in [3.63, 3.8) is 0 Å². The number of rotatable bonds is 9. The molecule has 1 aromatic heterocycles. The van der Waals surface area contributed by atoms with Crippen molar-refractivity contribution in [1.29, 1.82) is 0 Å². The summed E-state index contributed by atoms with van der Waals surface area (Å²) in [4.78, 5) is 16.4. The van der Waals surface area contributed by atoms with Crippen LogP contribution in [0.1, 0.15) is 52.8 Å². The van der Waals surface area contributed by atoms with Crippen LogP contribution >= 0.6 is 11.3 Å². The monoisotopic (exact) mass is 347 g/mol. The molecule has 0 atom stereocenters. The van der Waals surface area contributed by atoms with Gasteiger partial charge in [-0.2, -0.15) is 0 Å². The molecule has 1 aromatic carbocycles. The van der Waals surface area contributed by atoms with Crippen LogP contribution in [-0.2, 0) is 13.1 Å². The Morgan fingerprint density at radius 1 is 1.38 bits per heavy atom. The van der Waals surface area contributed by atoms with E-state index in [2.05, 4.69) is 17.2 Å². The van der Waals surface area contributed by atoms with E-state index in [-0.39, 0.29) is 5.91 Å². The van der Waals surface area contributed by atoms with Gasteiger partial charge < -0.3 is 15.8 Å². The van der Waals surface area contributed by atoms with Crippen LogP contribution in [-0.4, -0.2) is 17.5 Å². The number of aryl methyl sites for hydroxylation is 1. The standard InChI is InChI=1S/C18H25N3O2S/c1-3-4-5-8-23-16-9-13(2)6-7-14(16)11-20-18(22)15-12-24-17(10-19)21-15/h6-7,9,12H,3-5,8,10-11,19H2,1-2H3,(H,20,22). The molecule has 0 fully saturated rings. The third-order valence-electron chi connectivity index (χ3n) is 3.63. The van der Waals surface area contributed by atoms with E-state index in [1.165, 1.54) is 17.8 Å². The number of hydrogen-bond donors (Lipinski definition) is 2. The maximum Gasteiger partial charge on any atom is 0.271 e. The van der Waals surface area contributed by atoms with Gasteiger partial charge >= 0.3 is 0 Å². The topological polar surface area (TPSA) is 77.2 Å². The van der Waals surface area contributed by atoms with Gasteiger partial charge in [0.05, 0.1) is 6.61 Å². The van der Waals surface area contributed by atoms with Crippen LogP contribution < -0.4 is 15.8 Å². The quantitative estimate of drug-likeness (QED) is 0.682. The molecule has 6 heteroatoms. The number of unbranched alkanes of at least 4 members (excludes halogenated alkanes) is 2. The number of thiazole rings is 1. The number of benzene rings is 1. The molecule has 0 radical (unpaired) electrons. The average molecular weight is 347 g/mol. The largest absolute Gasteiger partial charge is 0.493 e. The van der Waals surface area contributed by atoms with Gasteiger partial charge in [-0.15, -0.1) is 11.3 Å². The second-order valence-electron chi connectivity index (χ2n) is 5.68. The maximum atomic E-state index is 12.2. The highest BCUT2D eigenvalue weighted by Crippen LogP contribution is 2.21. The molecule has 3 N–H and O–H groups in total. The van der Waals surface area contributed by atoms with Crippen molar-refractivity contribution in [2.24, 2.45) is 5.73 Å². The van der Waals surface area contributed by atoms with Crippen molar-refractivity contribution in [1.82, 2.24) is 10.3 Å². The first-order valence-corrected chi connectivity index (χ1v) is 9.17. The van der Waals surface area contributed by atoms with Gasteiger partial charge in [-0.05, 0) is 25.0 Å². The van der Waals surface area contributed by atoms with E-state index < -0.39 is 0 Å². The third-order valence-corrected chi connectivity index (χ3v) is 4.50. The lowest BCUT2D eigenvalue weighted by Gasteiger charge is -2.13. The summed E-state index contributed by atoms with van der Waals surface area (Å²) >= 11 is 1.40. The third kappa shape index (κ3) is 5.32. The Hall–Kier alpha value is -1.92. The van der Waals surface area contributed by atoms with Crippen LogP contribution in [0.5, 0.6) is 5.75 Å². The summed E-state index contributed by atoms with van der Waals surface area (Å²) in [7, 11) is 0. The molecule has 0 aliphatic carbocycles. The van der Waals surface area contributed by atoms with Gasteiger partial charge in [0.1, 0.15) is 16.5 Å². The van der Waals surface area contributed by atoms with Crippen molar-refractivity contribution >= 4 is 17.2 Å². The Bertz CT molecular complexity index is 670. The average Bonchev–Trinajstić information content (AvgIpc) is 3.07. The van der Waals surface area contributed by atoms with Crippen molar-refractivity contribution < 1.29 is 9.53 Å². The first-order valence-electron chi connectivity index (χ1n) is 8.29. The molecule has 0 spiro atoms. The predicted octanol–water partition coefficient (Wildman–Crippen LogP) is 3.41. The maximum absolute atomic E-state index is 12.2. The zero-order valence-corrected chi connectivity index (χ0v) is 15.1. The van der Waals surface area contributed by atoms with Crippen LogP contribution in [0.3, 0.4) is 0 Å². The smallest absolute Gasteiger partial charge is 0.271 e. The number of ether oxygens (including phenoxy) is 1. The number of nitrogens with zero attached hydrogens (tertiary/aromatic N) is 1. The Kier molecular flexibility index (Phi) is 7.21. The van der Waals surface area contributed by atoms with Crippen LogP contribution in [0.25, 0.3) is 0 Å². The first-order chi connectivity index (χ1) is 11.6. The summed E-state index contributed by atoms with van der Waals surface area (Å²) < 4.78 is 5.90. The summed E-state index contributed by atoms with van der Waals surface area (Å²) in [6, 6.07) is 6.04. The Morgan fingerprint density at radius 2 is 2.21 bits per heavy atom. The molecule has 2 aromatic rings. The van der Waals surface area contributed by atoms with Gasteiger partial charge in [0, 0.05) is 24.0 Å².